The number of hydrogen-bond donors (Lipinski definition) is 1. The van der Waals surface area contributed by atoms with Crippen molar-refractivity contribution in [2.24, 2.45) is 0 Å². The van der Waals surface area contributed by atoms with Crippen molar-refractivity contribution in [1.82, 2.24) is 4.90 Å². The molecular formula is C14H20N2O2S. The van der Waals surface area contributed by atoms with E-state index in [2.05, 4.69) is 24.1 Å². The quantitative estimate of drug-likeness (QED) is 0.842. The van der Waals surface area contributed by atoms with Crippen LogP contribution in [0.3, 0.4) is 0 Å². The second kappa shape index (κ2) is 6.21. The van der Waals surface area contributed by atoms with Gasteiger partial charge in [0, 0.05) is 24.8 Å². The predicted molar refractivity (Wildman–Crippen MR) is 80.8 cm³/mol. The molecule has 1 N–H and O–H groups in total. The number of morpholine rings is 1. The lowest BCUT2D eigenvalue weighted by Gasteiger charge is -2.36. The van der Waals surface area contributed by atoms with Gasteiger partial charge in [-0.15, -0.1) is 0 Å². The number of nitrogens with zero attached hydrogens (tertiary/aromatic N) is 1. The third-order valence-electron chi connectivity index (χ3n) is 3.03. The zero-order valence-electron chi connectivity index (χ0n) is 11.6. The molecule has 19 heavy (non-hydrogen) atoms. The van der Waals surface area contributed by atoms with Crippen LogP contribution in [0, 0.1) is 0 Å². The van der Waals surface area contributed by atoms with Gasteiger partial charge in [0.15, 0.2) is 5.11 Å². The Kier molecular flexibility index (Phi) is 4.61. The average Bonchev–Trinajstić information content (AvgIpc) is 2.37. The van der Waals surface area contributed by atoms with E-state index >= 15 is 0 Å². The molecule has 1 aliphatic heterocycles. The molecule has 2 rings (SSSR count). The highest BCUT2D eigenvalue weighted by Gasteiger charge is 2.23. The van der Waals surface area contributed by atoms with Crippen molar-refractivity contribution < 1.29 is 9.47 Å². The Balaban J connectivity index is 2.00. The smallest absolute Gasteiger partial charge is 0.173 e. The maximum absolute atomic E-state index is 5.70. The molecule has 0 spiro atoms. The lowest BCUT2D eigenvalue weighted by Crippen LogP contribution is -2.49. The molecule has 1 saturated heterocycles. The SMILES string of the molecule is COc1cccc(NC(=S)N2C[C@@H](C)O[C@@H](C)C2)c1. The van der Waals surface area contributed by atoms with E-state index in [9.17, 15) is 0 Å². The minimum atomic E-state index is 0.203. The zero-order valence-corrected chi connectivity index (χ0v) is 12.4. The summed E-state index contributed by atoms with van der Waals surface area (Å²) in [4.78, 5) is 2.15. The van der Waals surface area contributed by atoms with Gasteiger partial charge in [0.2, 0.25) is 0 Å². The fraction of sp³-hybridized carbons (Fsp3) is 0.500. The predicted octanol–water partition coefficient (Wildman–Crippen LogP) is 2.50. The van der Waals surface area contributed by atoms with Gasteiger partial charge in [-0.3, -0.25) is 0 Å². The van der Waals surface area contributed by atoms with Crippen molar-refractivity contribution in [1.29, 1.82) is 0 Å². The maximum atomic E-state index is 5.70. The molecule has 0 radical (unpaired) electrons. The summed E-state index contributed by atoms with van der Waals surface area (Å²) in [6.45, 7) is 5.77. The molecule has 0 aromatic heterocycles. The van der Waals surface area contributed by atoms with E-state index in [4.69, 9.17) is 21.7 Å². The van der Waals surface area contributed by atoms with Gasteiger partial charge >= 0.3 is 0 Å². The minimum Gasteiger partial charge on any atom is -0.497 e. The molecule has 0 saturated carbocycles. The number of ether oxygens (including phenoxy) is 2. The molecule has 0 bridgehead atoms. The van der Waals surface area contributed by atoms with Crippen LogP contribution in [0.4, 0.5) is 5.69 Å². The van der Waals surface area contributed by atoms with Crippen molar-refractivity contribution in [2.75, 3.05) is 25.5 Å². The Morgan fingerprint density at radius 1 is 1.37 bits per heavy atom. The summed E-state index contributed by atoms with van der Waals surface area (Å²) in [6, 6.07) is 7.75. The molecule has 104 valence electrons. The summed E-state index contributed by atoms with van der Waals surface area (Å²) in [5, 5.41) is 3.98. The summed E-state index contributed by atoms with van der Waals surface area (Å²) < 4.78 is 10.9. The molecule has 5 heteroatoms. The fourth-order valence-electron chi connectivity index (χ4n) is 2.25. The first-order chi connectivity index (χ1) is 9.08. The highest BCUT2D eigenvalue weighted by Crippen LogP contribution is 2.18. The third-order valence-corrected chi connectivity index (χ3v) is 3.39. The molecule has 1 heterocycles. The van der Waals surface area contributed by atoms with Crippen LogP contribution >= 0.6 is 12.2 Å². The van der Waals surface area contributed by atoms with E-state index in [0.29, 0.717) is 0 Å². The zero-order chi connectivity index (χ0) is 13.8. The van der Waals surface area contributed by atoms with Gasteiger partial charge in [0.05, 0.1) is 19.3 Å². The molecule has 1 fully saturated rings. The maximum Gasteiger partial charge on any atom is 0.173 e. The van der Waals surface area contributed by atoms with Crippen molar-refractivity contribution >= 4 is 23.0 Å². The number of nitrogens with one attached hydrogen (secondary N) is 1. The third kappa shape index (κ3) is 3.81. The average molecular weight is 280 g/mol. The summed E-state index contributed by atoms with van der Waals surface area (Å²) in [5.74, 6) is 0.816. The number of hydrogen-bond acceptors (Lipinski definition) is 3. The molecule has 4 nitrogen and oxygen atoms in total. The number of anilines is 1. The normalized spacial score (nSPS) is 23.0. The molecule has 0 unspecified atom stereocenters. The highest BCUT2D eigenvalue weighted by molar-refractivity contribution is 7.80. The largest absolute Gasteiger partial charge is 0.497 e. The second-order valence-corrected chi connectivity index (χ2v) is 5.21. The van der Waals surface area contributed by atoms with Gasteiger partial charge in [-0.25, -0.2) is 0 Å². The van der Waals surface area contributed by atoms with E-state index in [1.54, 1.807) is 7.11 Å². The van der Waals surface area contributed by atoms with Crippen molar-refractivity contribution in [3.8, 4) is 5.75 Å². The Hall–Kier alpha value is -1.33. The number of methoxy groups -OCH3 is 1. The molecule has 0 aliphatic carbocycles. The van der Waals surface area contributed by atoms with Gasteiger partial charge < -0.3 is 19.7 Å². The Labute approximate surface area is 119 Å². The van der Waals surface area contributed by atoms with Crippen LogP contribution in [0.5, 0.6) is 5.75 Å². The van der Waals surface area contributed by atoms with Crippen LogP contribution in [-0.4, -0.2) is 42.4 Å². The van der Waals surface area contributed by atoms with Crippen molar-refractivity contribution in [3.63, 3.8) is 0 Å². The molecule has 0 amide bonds. The van der Waals surface area contributed by atoms with Gasteiger partial charge in [-0.05, 0) is 38.2 Å². The fourth-order valence-corrected chi connectivity index (χ4v) is 2.51. The van der Waals surface area contributed by atoms with E-state index in [1.807, 2.05) is 24.3 Å². The van der Waals surface area contributed by atoms with Crippen LogP contribution in [0.2, 0.25) is 0 Å². The highest BCUT2D eigenvalue weighted by atomic mass is 32.1. The number of thiocarbonyl (C=S) groups is 1. The lowest BCUT2D eigenvalue weighted by molar-refractivity contribution is -0.0473. The van der Waals surface area contributed by atoms with Gasteiger partial charge in [0.1, 0.15) is 5.75 Å². The van der Waals surface area contributed by atoms with Gasteiger partial charge in [0.25, 0.3) is 0 Å². The summed E-state index contributed by atoms with van der Waals surface area (Å²) >= 11 is 5.46. The monoisotopic (exact) mass is 280 g/mol. The Bertz CT molecular complexity index is 443. The molecule has 2 atom stereocenters. The van der Waals surface area contributed by atoms with Crippen LogP contribution in [-0.2, 0) is 4.74 Å². The first-order valence-corrected chi connectivity index (χ1v) is 6.84. The van der Waals surface area contributed by atoms with Crippen molar-refractivity contribution in [2.45, 2.75) is 26.1 Å². The van der Waals surface area contributed by atoms with Crippen LogP contribution in [0.25, 0.3) is 0 Å². The summed E-state index contributed by atoms with van der Waals surface area (Å²) in [7, 11) is 1.66. The van der Waals surface area contributed by atoms with E-state index < -0.39 is 0 Å². The summed E-state index contributed by atoms with van der Waals surface area (Å²) in [5.41, 5.74) is 0.941. The molecule has 1 aromatic carbocycles. The topological polar surface area (TPSA) is 33.7 Å². The van der Waals surface area contributed by atoms with Crippen LogP contribution in [0.15, 0.2) is 24.3 Å². The second-order valence-electron chi connectivity index (χ2n) is 4.82. The first-order valence-electron chi connectivity index (χ1n) is 6.44. The lowest BCUT2D eigenvalue weighted by atomic mass is 10.2. The van der Waals surface area contributed by atoms with Gasteiger partial charge in [-0.2, -0.15) is 0 Å². The van der Waals surface area contributed by atoms with Crippen LogP contribution in [0.1, 0.15) is 13.8 Å². The minimum absolute atomic E-state index is 0.203. The Morgan fingerprint density at radius 2 is 2.05 bits per heavy atom. The number of rotatable bonds is 2. The first kappa shape index (κ1) is 14.1. The van der Waals surface area contributed by atoms with E-state index in [0.717, 1.165) is 29.6 Å². The van der Waals surface area contributed by atoms with E-state index in [1.165, 1.54) is 0 Å². The standard InChI is InChI=1S/C14H20N2O2S/c1-10-8-16(9-11(2)18-10)14(19)15-12-5-4-6-13(7-12)17-3/h4-7,10-11H,8-9H2,1-3H3,(H,15,19)/t10-,11+. The van der Waals surface area contributed by atoms with Gasteiger partial charge in [-0.1, -0.05) is 6.07 Å². The molecule has 1 aliphatic rings. The van der Waals surface area contributed by atoms with Crippen LogP contribution < -0.4 is 10.1 Å². The van der Waals surface area contributed by atoms with Crippen molar-refractivity contribution in [3.05, 3.63) is 24.3 Å². The summed E-state index contributed by atoms with van der Waals surface area (Å²) in [6.07, 6.45) is 0.405. The molecular weight excluding hydrogens is 260 g/mol. The number of benzene rings is 1. The Morgan fingerprint density at radius 3 is 2.68 bits per heavy atom. The van der Waals surface area contributed by atoms with E-state index in [-0.39, 0.29) is 12.2 Å². The molecule has 1 aromatic rings.